The van der Waals surface area contributed by atoms with Gasteiger partial charge in [0.1, 0.15) is 0 Å². The van der Waals surface area contributed by atoms with Crippen LogP contribution in [0.3, 0.4) is 0 Å². The predicted molar refractivity (Wildman–Crippen MR) is 116 cm³/mol. The number of para-hydroxylation sites is 1. The number of nitrogens with one attached hydrogen (secondary N) is 2. The molecular formula is C20H17IN2O3S. The Hall–Kier alpha value is -2.39. The summed E-state index contributed by atoms with van der Waals surface area (Å²) in [6.07, 6.45) is 0. The van der Waals surface area contributed by atoms with Gasteiger partial charge in [0, 0.05) is 9.26 Å². The van der Waals surface area contributed by atoms with E-state index < -0.39 is 10.0 Å². The molecule has 0 unspecified atom stereocenters. The van der Waals surface area contributed by atoms with E-state index in [2.05, 4.69) is 32.6 Å². The van der Waals surface area contributed by atoms with Gasteiger partial charge >= 0.3 is 0 Å². The van der Waals surface area contributed by atoms with E-state index in [0.717, 1.165) is 9.13 Å². The SMILES string of the molecule is Cc1ccccc1NS(=O)(=O)c1ccc(NC(=O)c2ccccc2I)cc1. The van der Waals surface area contributed by atoms with Gasteiger partial charge in [-0.2, -0.15) is 0 Å². The minimum Gasteiger partial charge on any atom is -0.322 e. The summed E-state index contributed by atoms with van der Waals surface area (Å²) >= 11 is 2.10. The van der Waals surface area contributed by atoms with Crippen LogP contribution in [0.1, 0.15) is 15.9 Å². The number of amides is 1. The predicted octanol–water partition coefficient (Wildman–Crippen LogP) is 4.65. The summed E-state index contributed by atoms with van der Waals surface area (Å²) < 4.78 is 28.5. The van der Waals surface area contributed by atoms with Gasteiger partial charge in [-0.1, -0.05) is 30.3 Å². The molecule has 0 bridgehead atoms. The van der Waals surface area contributed by atoms with Gasteiger partial charge < -0.3 is 5.32 Å². The summed E-state index contributed by atoms with van der Waals surface area (Å²) in [5.74, 6) is -0.242. The number of aryl methyl sites for hydroxylation is 1. The van der Waals surface area contributed by atoms with E-state index in [1.807, 2.05) is 31.2 Å². The smallest absolute Gasteiger partial charge is 0.261 e. The fourth-order valence-corrected chi connectivity index (χ4v) is 4.22. The summed E-state index contributed by atoms with van der Waals surface area (Å²) in [6.45, 7) is 1.83. The maximum Gasteiger partial charge on any atom is 0.261 e. The Labute approximate surface area is 172 Å². The molecule has 0 aliphatic heterocycles. The molecule has 0 heterocycles. The van der Waals surface area contributed by atoms with Crippen LogP contribution in [-0.4, -0.2) is 14.3 Å². The first kappa shape index (κ1) is 19.4. The zero-order valence-corrected chi connectivity index (χ0v) is 17.4. The Morgan fingerprint density at radius 1 is 0.889 bits per heavy atom. The highest BCUT2D eigenvalue weighted by Crippen LogP contribution is 2.21. The van der Waals surface area contributed by atoms with Gasteiger partial charge in [0.25, 0.3) is 15.9 Å². The van der Waals surface area contributed by atoms with Gasteiger partial charge in [0.15, 0.2) is 0 Å². The average Bonchev–Trinajstić information content (AvgIpc) is 2.64. The molecule has 0 spiro atoms. The minimum atomic E-state index is -3.70. The Bertz CT molecular complexity index is 1080. The number of sulfonamides is 1. The summed E-state index contributed by atoms with van der Waals surface area (Å²) in [5, 5.41) is 2.78. The number of halogens is 1. The summed E-state index contributed by atoms with van der Waals surface area (Å²) in [7, 11) is -3.70. The van der Waals surface area contributed by atoms with Crippen molar-refractivity contribution in [3.8, 4) is 0 Å². The molecule has 0 aliphatic rings. The lowest BCUT2D eigenvalue weighted by Crippen LogP contribution is -2.15. The lowest BCUT2D eigenvalue weighted by atomic mass is 10.2. The van der Waals surface area contributed by atoms with E-state index in [9.17, 15) is 13.2 Å². The number of benzene rings is 3. The van der Waals surface area contributed by atoms with Gasteiger partial charge in [-0.05, 0) is 77.5 Å². The lowest BCUT2D eigenvalue weighted by Gasteiger charge is -2.11. The Kier molecular flexibility index (Phi) is 5.81. The Balaban J connectivity index is 1.76. The lowest BCUT2D eigenvalue weighted by molar-refractivity contribution is 0.102. The van der Waals surface area contributed by atoms with E-state index in [1.165, 1.54) is 12.1 Å². The first-order valence-electron chi connectivity index (χ1n) is 8.11. The first-order chi connectivity index (χ1) is 12.9. The molecule has 0 radical (unpaired) electrons. The molecule has 0 atom stereocenters. The molecule has 0 saturated carbocycles. The second-order valence-corrected chi connectivity index (χ2v) is 8.72. The van der Waals surface area contributed by atoms with Gasteiger partial charge in [0.05, 0.1) is 16.1 Å². The average molecular weight is 492 g/mol. The summed E-state index contributed by atoms with van der Waals surface area (Å²) in [6, 6.07) is 20.5. The second-order valence-electron chi connectivity index (χ2n) is 5.88. The number of carbonyl (C=O) groups is 1. The second kappa shape index (κ2) is 8.10. The minimum absolute atomic E-state index is 0.123. The molecule has 2 N–H and O–H groups in total. The van der Waals surface area contributed by atoms with Crippen LogP contribution in [0.25, 0.3) is 0 Å². The highest BCUT2D eigenvalue weighted by Gasteiger charge is 2.16. The van der Waals surface area contributed by atoms with Crippen molar-refractivity contribution in [3.63, 3.8) is 0 Å². The maximum atomic E-state index is 12.6. The van der Waals surface area contributed by atoms with Gasteiger partial charge in [0.2, 0.25) is 0 Å². The number of rotatable bonds is 5. The van der Waals surface area contributed by atoms with Crippen LogP contribution in [0.2, 0.25) is 0 Å². The normalized spacial score (nSPS) is 11.0. The highest BCUT2D eigenvalue weighted by atomic mass is 127. The van der Waals surface area contributed by atoms with Gasteiger partial charge in [-0.25, -0.2) is 8.42 Å². The van der Waals surface area contributed by atoms with E-state index in [-0.39, 0.29) is 10.8 Å². The van der Waals surface area contributed by atoms with Crippen molar-refractivity contribution in [2.75, 3.05) is 10.0 Å². The standard InChI is InChI=1S/C20H17IN2O3S/c1-14-6-2-5-9-19(14)23-27(25,26)16-12-10-15(11-13-16)22-20(24)17-7-3-4-8-18(17)21/h2-13,23H,1H3,(H,22,24). The molecule has 3 rings (SSSR count). The van der Waals surface area contributed by atoms with Crippen molar-refractivity contribution in [1.82, 2.24) is 0 Å². The highest BCUT2D eigenvalue weighted by molar-refractivity contribution is 14.1. The molecular weight excluding hydrogens is 475 g/mol. The Morgan fingerprint density at radius 3 is 2.19 bits per heavy atom. The van der Waals surface area contributed by atoms with Crippen LogP contribution in [0.15, 0.2) is 77.7 Å². The number of carbonyl (C=O) groups excluding carboxylic acids is 1. The molecule has 5 nitrogen and oxygen atoms in total. The zero-order valence-electron chi connectivity index (χ0n) is 14.4. The molecule has 1 amide bonds. The van der Waals surface area contributed by atoms with Crippen molar-refractivity contribution in [1.29, 1.82) is 0 Å². The third-order valence-corrected chi connectivity index (χ3v) is 6.25. The Morgan fingerprint density at radius 2 is 1.52 bits per heavy atom. The van der Waals surface area contributed by atoms with Crippen LogP contribution in [0.5, 0.6) is 0 Å². The summed E-state index contributed by atoms with van der Waals surface area (Å²) in [4.78, 5) is 12.5. The molecule has 138 valence electrons. The molecule has 27 heavy (non-hydrogen) atoms. The monoisotopic (exact) mass is 492 g/mol. The van der Waals surface area contributed by atoms with Crippen LogP contribution < -0.4 is 10.0 Å². The fourth-order valence-electron chi connectivity index (χ4n) is 2.45. The van der Waals surface area contributed by atoms with Crippen LogP contribution in [0, 0.1) is 10.5 Å². The van der Waals surface area contributed by atoms with Gasteiger partial charge in [-0.15, -0.1) is 0 Å². The van der Waals surface area contributed by atoms with Crippen LogP contribution >= 0.6 is 22.6 Å². The van der Waals surface area contributed by atoms with E-state index in [0.29, 0.717) is 16.9 Å². The van der Waals surface area contributed by atoms with Crippen LogP contribution in [0.4, 0.5) is 11.4 Å². The van der Waals surface area contributed by atoms with Crippen molar-refractivity contribution in [3.05, 3.63) is 87.5 Å². The summed E-state index contributed by atoms with van der Waals surface area (Å²) in [5.41, 5.74) is 2.46. The first-order valence-corrected chi connectivity index (χ1v) is 10.7. The third kappa shape index (κ3) is 4.67. The molecule has 3 aromatic carbocycles. The van der Waals surface area contributed by atoms with E-state index in [4.69, 9.17) is 0 Å². The zero-order chi connectivity index (χ0) is 19.4. The van der Waals surface area contributed by atoms with Crippen molar-refractivity contribution < 1.29 is 13.2 Å². The number of hydrogen-bond acceptors (Lipinski definition) is 3. The van der Waals surface area contributed by atoms with Crippen LogP contribution in [-0.2, 0) is 10.0 Å². The topological polar surface area (TPSA) is 75.3 Å². The largest absolute Gasteiger partial charge is 0.322 e. The molecule has 0 saturated heterocycles. The van der Waals surface area contributed by atoms with Crippen molar-refractivity contribution in [2.24, 2.45) is 0 Å². The number of anilines is 2. The molecule has 3 aromatic rings. The van der Waals surface area contributed by atoms with E-state index >= 15 is 0 Å². The maximum absolute atomic E-state index is 12.6. The quantitative estimate of drug-likeness (QED) is 0.510. The van der Waals surface area contributed by atoms with Gasteiger partial charge in [-0.3, -0.25) is 9.52 Å². The molecule has 0 aliphatic carbocycles. The molecule has 0 fully saturated rings. The van der Waals surface area contributed by atoms with Crippen molar-refractivity contribution in [2.45, 2.75) is 11.8 Å². The van der Waals surface area contributed by atoms with Crippen molar-refractivity contribution >= 4 is 49.9 Å². The molecule has 0 aromatic heterocycles. The molecule has 7 heteroatoms. The third-order valence-electron chi connectivity index (χ3n) is 3.93. The van der Waals surface area contributed by atoms with E-state index in [1.54, 1.807) is 36.4 Å². The fraction of sp³-hybridized carbons (Fsp3) is 0.0500. The number of hydrogen-bond donors (Lipinski definition) is 2.